The second-order valence-corrected chi connectivity index (χ2v) is 11.0. The van der Waals surface area contributed by atoms with Crippen molar-refractivity contribution >= 4 is 21.9 Å². The fourth-order valence-electron chi connectivity index (χ4n) is 2.53. The van der Waals surface area contributed by atoms with Crippen LogP contribution in [0.3, 0.4) is 0 Å². The lowest BCUT2D eigenvalue weighted by molar-refractivity contribution is 0.0474. The normalized spacial score (nSPS) is 17.4. The van der Waals surface area contributed by atoms with Crippen LogP contribution in [0.1, 0.15) is 47.5 Å². The van der Waals surface area contributed by atoms with Crippen LogP contribution in [0.2, 0.25) is 0 Å². The molecule has 8 nitrogen and oxygen atoms in total. The first-order valence-corrected chi connectivity index (χ1v) is 10.8. The van der Waals surface area contributed by atoms with E-state index < -0.39 is 27.1 Å². The van der Waals surface area contributed by atoms with Crippen LogP contribution < -0.4 is 16.0 Å². The van der Waals surface area contributed by atoms with Crippen LogP contribution >= 0.6 is 0 Å². The molecule has 0 bridgehead atoms. The number of nitrogens with one attached hydrogen (secondary N) is 3. The average Bonchev–Trinajstić information content (AvgIpc) is 3.13. The molecule has 1 aliphatic rings. The molecule has 0 aromatic rings. The molecule has 0 saturated heterocycles. The van der Waals surface area contributed by atoms with Crippen LogP contribution in [-0.4, -0.2) is 63.8 Å². The standard InChI is InChI=1S/C17H34N4O4S/c1-15(2,3)25-14(22)21-16(4,5)10-19-13(18-6)20-11-17(8-9-17)12-26(7,23)24/h8-12H2,1-7H3,(H,21,22)(H2,18,19,20). The van der Waals surface area contributed by atoms with Gasteiger partial charge in [-0.05, 0) is 47.5 Å². The van der Waals surface area contributed by atoms with Crippen LogP contribution in [0, 0.1) is 5.41 Å². The summed E-state index contributed by atoms with van der Waals surface area (Å²) in [6, 6.07) is 0. The zero-order chi connectivity index (χ0) is 20.2. The van der Waals surface area contributed by atoms with Gasteiger partial charge in [-0.1, -0.05) is 0 Å². The largest absolute Gasteiger partial charge is 0.444 e. The Hall–Kier alpha value is -1.51. The molecule has 0 aliphatic heterocycles. The highest BCUT2D eigenvalue weighted by Gasteiger charge is 2.45. The molecule has 1 amide bonds. The first-order valence-electron chi connectivity index (χ1n) is 8.79. The molecule has 0 spiro atoms. The van der Waals surface area contributed by atoms with Crippen LogP contribution in [0.5, 0.6) is 0 Å². The lowest BCUT2D eigenvalue weighted by Crippen LogP contribution is -2.54. The monoisotopic (exact) mass is 390 g/mol. The number of nitrogens with zero attached hydrogens (tertiary/aromatic N) is 1. The molecule has 0 aromatic heterocycles. The van der Waals surface area contributed by atoms with Crippen molar-refractivity contribution in [2.75, 3.05) is 32.1 Å². The van der Waals surface area contributed by atoms with E-state index in [4.69, 9.17) is 4.74 Å². The molecule has 0 unspecified atom stereocenters. The van der Waals surface area contributed by atoms with Gasteiger partial charge in [-0.25, -0.2) is 13.2 Å². The van der Waals surface area contributed by atoms with Crippen LogP contribution in [0.15, 0.2) is 4.99 Å². The fraction of sp³-hybridized carbons (Fsp3) is 0.882. The van der Waals surface area contributed by atoms with Crippen molar-refractivity contribution < 1.29 is 17.9 Å². The number of carbonyl (C=O) groups is 1. The van der Waals surface area contributed by atoms with E-state index in [1.54, 1.807) is 7.05 Å². The maximum Gasteiger partial charge on any atom is 0.408 e. The zero-order valence-electron chi connectivity index (χ0n) is 17.0. The first kappa shape index (κ1) is 22.5. The SMILES string of the molecule is CN=C(NCC1(CS(C)(=O)=O)CC1)NCC(C)(C)NC(=O)OC(C)(C)C. The van der Waals surface area contributed by atoms with Crippen molar-refractivity contribution in [3.8, 4) is 0 Å². The van der Waals surface area contributed by atoms with E-state index in [-0.39, 0.29) is 11.2 Å². The van der Waals surface area contributed by atoms with Gasteiger partial charge in [-0.3, -0.25) is 4.99 Å². The van der Waals surface area contributed by atoms with E-state index in [2.05, 4.69) is 20.9 Å². The summed E-state index contributed by atoms with van der Waals surface area (Å²) in [7, 11) is -1.35. The molecule has 0 heterocycles. The molecule has 1 fully saturated rings. The summed E-state index contributed by atoms with van der Waals surface area (Å²) in [6.45, 7) is 10.2. The molecule has 0 radical (unpaired) electrons. The maximum absolute atomic E-state index is 11.9. The predicted molar refractivity (Wildman–Crippen MR) is 104 cm³/mol. The van der Waals surface area contributed by atoms with E-state index in [9.17, 15) is 13.2 Å². The predicted octanol–water partition coefficient (Wildman–Crippen LogP) is 1.28. The number of amides is 1. The van der Waals surface area contributed by atoms with Crippen LogP contribution in [0.4, 0.5) is 4.79 Å². The lowest BCUT2D eigenvalue weighted by atomic mass is 10.1. The second-order valence-electron chi connectivity index (χ2n) is 8.86. The van der Waals surface area contributed by atoms with Crippen molar-refractivity contribution in [1.29, 1.82) is 0 Å². The Morgan fingerprint density at radius 3 is 2.15 bits per heavy atom. The van der Waals surface area contributed by atoms with Gasteiger partial charge in [0, 0.05) is 31.8 Å². The highest BCUT2D eigenvalue weighted by atomic mass is 32.2. The van der Waals surface area contributed by atoms with Gasteiger partial charge < -0.3 is 20.7 Å². The number of guanidine groups is 1. The quantitative estimate of drug-likeness (QED) is 0.446. The first-order chi connectivity index (χ1) is 11.7. The topological polar surface area (TPSA) is 109 Å². The molecule has 1 saturated carbocycles. The van der Waals surface area contributed by atoms with E-state index in [0.717, 1.165) is 12.8 Å². The molecular formula is C17H34N4O4S. The van der Waals surface area contributed by atoms with E-state index >= 15 is 0 Å². The summed E-state index contributed by atoms with van der Waals surface area (Å²) < 4.78 is 28.3. The third kappa shape index (κ3) is 9.26. The third-order valence-electron chi connectivity index (χ3n) is 3.92. The number of hydrogen-bond acceptors (Lipinski definition) is 5. The fourth-order valence-corrected chi connectivity index (χ4v) is 4.03. The van der Waals surface area contributed by atoms with Gasteiger partial charge in [0.1, 0.15) is 15.4 Å². The van der Waals surface area contributed by atoms with Gasteiger partial charge in [0.25, 0.3) is 0 Å². The van der Waals surface area contributed by atoms with Crippen molar-refractivity contribution in [2.24, 2.45) is 10.4 Å². The number of rotatable bonds is 7. The van der Waals surface area contributed by atoms with E-state index in [1.807, 2.05) is 34.6 Å². The second kappa shape index (κ2) is 8.02. The minimum Gasteiger partial charge on any atom is -0.444 e. The Morgan fingerprint density at radius 2 is 1.73 bits per heavy atom. The molecule has 0 atom stereocenters. The van der Waals surface area contributed by atoms with Crippen molar-refractivity contribution in [3.05, 3.63) is 0 Å². The van der Waals surface area contributed by atoms with Gasteiger partial charge >= 0.3 is 6.09 Å². The van der Waals surface area contributed by atoms with Crippen LogP contribution in [0.25, 0.3) is 0 Å². The van der Waals surface area contributed by atoms with Crippen molar-refractivity contribution in [3.63, 3.8) is 0 Å². The number of sulfone groups is 1. The highest BCUT2D eigenvalue weighted by Crippen LogP contribution is 2.45. The lowest BCUT2D eigenvalue weighted by Gasteiger charge is -2.29. The molecule has 152 valence electrons. The minimum absolute atomic E-state index is 0.185. The zero-order valence-corrected chi connectivity index (χ0v) is 17.8. The highest BCUT2D eigenvalue weighted by molar-refractivity contribution is 7.90. The van der Waals surface area contributed by atoms with Crippen molar-refractivity contribution in [1.82, 2.24) is 16.0 Å². The number of ether oxygens (including phenoxy) is 1. The van der Waals surface area contributed by atoms with Gasteiger partial charge in [-0.15, -0.1) is 0 Å². The van der Waals surface area contributed by atoms with Gasteiger partial charge in [-0.2, -0.15) is 0 Å². The van der Waals surface area contributed by atoms with Gasteiger partial charge in [0.15, 0.2) is 5.96 Å². The molecule has 3 N–H and O–H groups in total. The molecule has 26 heavy (non-hydrogen) atoms. The molecule has 0 aromatic carbocycles. The molecular weight excluding hydrogens is 356 g/mol. The smallest absolute Gasteiger partial charge is 0.408 e. The average molecular weight is 391 g/mol. The van der Waals surface area contributed by atoms with Crippen LogP contribution in [-0.2, 0) is 14.6 Å². The Labute approximate surface area is 157 Å². The Bertz CT molecular complexity index is 632. The number of hydrogen-bond donors (Lipinski definition) is 3. The number of carbonyl (C=O) groups excluding carboxylic acids is 1. The maximum atomic E-state index is 11.9. The minimum atomic E-state index is -3.00. The summed E-state index contributed by atoms with van der Waals surface area (Å²) in [5.74, 6) is 0.763. The van der Waals surface area contributed by atoms with Gasteiger partial charge in [0.05, 0.1) is 11.3 Å². The third-order valence-corrected chi connectivity index (χ3v) is 5.05. The van der Waals surface area contributed by atoms with Crippen molar-refractivity contribution in [2.45, 2.75) is 58.6 Å². The number of aliphatic imine (C=N–C) groups is 1. The van der Waals surface area contributed by atoms with E-state index in [0.29, 0.717) is 19.0 Å². The summed E-state index contributed by atoms with van der Waals surface area (Å²) >= 11 is 0. The summed E-state index contributed by atoms with van der Waals surface area (Å²) in [4.78, 5) is 16.1. The van der Waals surface area contributed by atoms with Gasteiger partial charge in [0.2, 0.25) is 0 Å². The number of alkyl carbamates (subject to hydrolysis) is 1. The molecule has 1 rings (SSSR count). The summed E-state index contributed by atoms with van der Waals surface area (Å²) in [5.41, 5.74) is -1.29. The Morgan fingerprint density at radius 1 is 1.15 bits per heavy atom. The summed E-state index contributed by atoms with van der Waals surface area (Å²) in [5, 5.41) is 9.17. The van der Waals surface area contributed by atoms with E-state index in [1.165, 1.54) is 6.26 Å². The Balaban J connectivity index is 2.47. The molecule has 9 heteroatoms. The molecule has 1 aliphatic carbocycles. The Kier molecular flexibility index (Phi) is 6.95. The summed E-state index contributed by atoms with van der Waals surface area (Å²) in [6.07, 6.45) is 2.59.